The van der Waals surface area contributed by atoms with Gasteiger partial charge in [0, 0.05) is 11.1 Å². The molecule has 27 heavy (non-hydrogen) atoms. The predicted molar refractivity (Wildman–Crippen MR) is 126 cm³/mol. The minimum absolute atomic E-state index is 0. The van der Waals surface area contributed by atoms with Gasteiger partial charge < -0.3 is 20.9 Å². The SMILES string of the molecule is Cl.Cl.N=C(N)c1cc(Br)c(OCOc2c(Br)cc(C(=N)N)cc2Br)c(Br)c1. The van der Waals surface area contributed by atoms with Crippen LogP contribution in [-0.2, 0) is 0 Å². The Hall–Kier alpha value is -0.520. The fourth-order valence-electron chi connectivity index (χ4n) is 1.85. The molecule has 0 aliphatic carbocycles. The fraction of sp³-hybridized carbons (Fsp3) is 0.0667. The zero-order valence-electron chi connectivity index (χ0n) is 13.3. The summed E-state index contributed by atoms with van der Waals surface area (Å²) < 4.78 is 13.9. The lowest BCUT2D eigenvalue weighted by Gasteiger charge is -2.15. The Labute approximate surface area is 202 Å². The highest BCUT2D eigenvalue weighted by Gasteiger charge is 2.13. The summed E-state index contributed by atoms with van der Waals surface area (Å²) in [6.07, 6.45) is 0. The maximum absolute atomic E-state index is 7.48. The van der Waals surface area contributed by atoms with Gasteiger partial charge >= 0.3 is 0 Å². The van der Waals surface area contributed by atoms with E-state index in [1.165, 1.54) is 0 Å². The molecular weight excluding hydrogens is 659 g/mol. The summed E-state index contributed by atoms with van der Waals surface area (Å²) in [6.45, 7) is -0.0623. The van der Waals surface area contributed by atoms with E-state index in [4.69, 9.17) is 31.8 Å². The Bertz CT molecular complexity index is 752. The summed E-state index contributed by atoms with van der Waals surface area (Å²) in [4.78, 5) is 0. The third-order valence-electron chi connectivity index (χ3n) is 3.03. The lowest BCUT2D eigenvalue weighted by Crippen LogP contribution is -2.13. The van der Waals surface area contributed by atoms with Gasteiger partial charge in [-0.3, -0.25) is 10.8 Å². The van der Waals surface area contributed by atoms with Crippen LogP contribution < -0.4 is 20.9 Å². The van der Waals surface area contributed by atoms with Crippen LogP contribution >= 0.6 is 88.5 Å². The van der Waals surface area contributed by atoms with E-state index in [9.17, 15) is 0 Å². The predicted octanol–water partition coefficient (Wildman–Crippen LogP) is 5.56. The molecular formula is C15H14Br4Cl2N4O2. The number of ether oxygens (including phenoxy) is 2. The van der Waals surface area contributed by atoms with E-state index in [1.54, 1.807) is 24.3 Å². The van der Waals surface area contributed by atoms with Crippen LogP contribution in [0.15, 0.2) is 42.2 Å². The topological polar surface area (TPSA) is 118 Å². The molecule has 0 heterocycles. The van der Waals surface area contributed by atoms with Crippen molar-refractivity contribution < 1.29 is 9.47 Å². The molecule has 148 valence electrons. The summed E-state index contributed by atoms with van der Waals surface area (Å²) in [6, 6.07) is 6.76. The van der Waals surface area contributed by atoms with Crippen LogP contribution in [0.1, 0.15) is 11.1 Å². The Morgan fingerprint density at radius 2 is 0.963 bits per heavy atom. The van der Waals surface area contributed by atoms with Gasteiger partial charge in [-0.2, -0.15) is 0 Å². The molecule has 0 fully saturated rings. The summed E-state index contributed by atoms with van der Waals surface area (Å²) in [5.41, 5.74) is 12.1. The molecule has 6 nitrogen and oxygen atoms in total. The van der Waals surface area contributed by atoms with Gasteiger partial charge in [0.15, 0.2) is 11.5 Å². The Morgan fingerprint density at radius 1 is 0.704 bits per heavy atom. The first-order valence-corrected chi connectivity index (χ1v) is 9.80. The van der Waals surface area contributed by atoms with E-state index in [0.717, 1.165) is 0 Å². The van der Waals surface area contributed by atoms with Crippen molar-refractivity contribution >= 4 is 100 Å². The molecule has 0 unspecified atom stereocenters. The van der Waals surface area contributed by atoms with Gasteiger partial charge in [-0.1, -0.05) is 0 Å². The number of halogens is 6. The summed E-state index contributed by atoms with van der Waals surface area (Å²) in [5.74, 6) is 0.973. The molecule has 2 rings (SSSR count). The van der Waals surface area contributed by atoms with Gasteiger partial charge in [0.2, 0.25) is 6.79 Å². The number of amidine groups is 2. The quantitative estimate of drug-likeness (QED) is 0.183. The lowest BCUT2D eigenvalue weighted by molar-refractivity contribution is 0.116. The van der Waals surface area contributed by atoms with Crippen molar-refractivity contribution in [3.63, 3.8) is 0 Å². The minimum atomic E-state index is -0.0623. The van der Waals surface area contributed by atoms with E-state index in [0.29, 0.717) is 40.5 Å². The van der Waals surface area contributed by atoms with Crippen molar-refractivity contribution in [1.29, 1.82) is 10.8 Å². The second-order valence-corrected chi connectivity index (χ2v) is 8.19. The Morgan fingerprint density at radius 3 is 1.19 bits per heavy atom. The number of benzene rings is 2. The van der Waals surface area contributed by atoms with Gasteiger partial charge in [0.05, 0.1) is 17.9 Å². The molecule has 2 aromatic carbocycles. The lowest BCUT2D eigenvalue weighted by atomic mass is 10.2. The van der Waals surface area contributed by atoms with Crippen molar-refractivity contribution in [1.82, 2.24) is 0 Å². The molecule has 0 amide bonds. The number of rotatable bonds is 6. The fourth-order valence-corrected chi connectivity index (χ4v) is 4.68. The molecule has 0 spiro atoms. The van der Waals surface area contributed by atoms with E-state index < -0.39 is 0 Å². The van der Waals surface area contributed by atoms with Crippen molar-refractivity contribution in [2.24, 2.45) is 11.5 Å². The average molecular weight is 673 g/mol. The highest BCUT2D eigenvalue weighted by molar-refractivity contribution is 9.11. The van der Waals surface area contributed by atoms with Crippen LogP contribution in [0, 0.1) is 10.8 Å². The number of hydrogen-bond donors (Lipinski definition) is 4. The molecule has 0 bridgehead atoms. The van der Waals surface area contributed by atoms with Gasteiger partial charge in [0.1, 0.15) is 11.7 Å². The largest absolute Gasteiger partial charge is 0.455 e. The van der Waals surface area contributed by atoms with E-state index in [2.05, 4.69) is 63.7 Å². The molecule has 0 radical (unpaired) electrons. The molecule has 0 atom stereocenters. The van der Waals surface area contributed by atoms with Gasteiger partial charge in [0.25, 0.3) is 0 Å². The second kappa shape index (κ2) is 11.5. The Balaban J connectivity index is 0.00000338. The first kappa shape index (κ1) is 26.5. The van der Waals surface area contributed by atoms with Crippen molar-refractivity contribution in [2.45, 2.75) is 0 Å². The monoisotopic (exact) mass is 668 g/mol. The summed E-state index contributed by atoms with van der Waals surface area (Å²) >= 11 is 13.6. The number of nitrogens with two attached hydrogens (primary N) is 2. The number of hydrogen-bond acceptors (Lipinski definition) is 4. The molecule has 0 saturated carbocycles. The molecule has 0 aromatic heterocycles. The Kier molecular flexibility index (Phi) is 11.3. The van der Waals surface area contributed by atoms with Crippen molar-refractivity contribution in [2.75, 3.05) is 6.79 Å². The van der Waals surface area contributed by atoms with Crippen LogP contribution in [0.5, 0.6) is 11.5 Å². The van der Waals surface area contributed by atoms with E-state index in [-0.39, 0.29) is 43.3 Å². The summed E-state index contributed by atoms with van der Waals surface area (Å²) in [5, 5.41) is 15.0. The zero-order chi connectivity index (χ0) is 18.7. The van der Waals surface area contributed by atoms with Crippen LogP contribution in [0.25, 0.3) is 0 Å². The van der Waals surface area contributed by atoms with E-state index >= 15 is 0 Å². The van der Waals surface area contributed by atoms with Crippen LogP contribution in [0.2, 0.25) is 0 Å². The number of nitrogen functional groups attached to an aromatic ring is 2. The highest BCUT2D eigenvalue weighted by atomic mass is 79.9. The van der Waals surface area contributed by atoms with Gasteiger partial charge in [-0.05, 0) is 88.0 Å². The highest BCUT2D eigenvalue weighted by Crippen LogP contribution is 2.37. The van der Waals surface area contributed by atoms with Crippen molar-refractivity contribution in [3.8, 4) is 11.5 Å². The molecule has 0 aliphatic rings. The normalized spacial score (nSPS) is 9.63. The zero-order valence-corrected chi connectivity index (χ0v) is 21.3. The van der Waals surface area contributed by atoms with Gasteiger partial charge in [-0.25, -0.2) is 0 Å². The first-order valence-electron chi connectivity index (χ1n) is 6.63. The molecule has 6 N–H and O–H groups in total. The van der Waals surface area contributed by atoms with Crippen LogP contribution in [0.4, 0.5) is 0 Å². The first-order chi connectivity index (χ1) is 11.7. The molecule has 2 aromatic rings. The number of nitrogens with one attached hydrogen (secondary N) is 2. The molecule has 12 heteroatoms. The van der Waals surface area contributed by atoms with E-state index in [1.807, 2.05) is 0 Å². The maximum Gasteiger partial charge on any atom is 0.231 e. The van der Waals surface area contributed by atoms with Crippen molar-refractivity contribution in [3.05, 3.63) is 53.3 Å². The third-order valence-corrected chi connectivity index (χ3v) is 5.38. The molecule has 0 saturated heterocycles. The minimum Gasteiger partial charge on any atom is -0.455 e. The molecule has 0 aliphatic heterocycles. The van der Waals surface area contributed by atoms with Crippen LogP contribution in [0.3, 0.4) is 0 Å². The van der Waals surface area contributed by atoms with Gasteiger partial charge in [-0.15, -0.1) is 24.8 Å². The third kappa shape index (κ3) is 6.79. The smallest absolute Gasteiger partial charge is 0.231 e. The standard InChI is InChI=1S/C15H12Br4N4O2.2ClH/c16-8-1-6(14(20)21)2-9(17)12(8)24-5-25-13-10(18)3-7(15(22)23)4-11(13)19;;/h1-4H,5H2,(H3,20,21)(H3,22,23);2*1H. The maximum atomic E-state index is 7.48. The van der Waals surface area contributed by atoms with Crippen LogP contribution in [-0.4, -0.2) is 18.5 Å². The average Bonchev–Trinajstić information content (AvgIpc) is 2.51. The second-order valence-electron chi connectivity index (χ2n) is 4.77. The summed E-state index contributed by atoms with van der Waals surface area (Å²) in [7, 11) is 0.